The largest absolute Gasteiger partial charge is 0.456 e. The van der Waals surface area contributed by atoms with Crippen molar-refractivity contribution in [2.24, 2.45) is 0 Å². The van der Waals surface area contributed by atoms with E-state index in [9.17, 15) is 5.11 Å². The first kappa shape index (κ1) is 12.9. The molecule has 0 spiro atoms. The second-order valence-electron chi connectivity index (χ2n) is 4.84. The third-order valence-electron chi connectivity index (χ3n) is 3.62. The molecule has 1 aliphatic rings. The Hall–Kier alpha value is -1.81. The van der Waals surface area contributed by atoms with Crippen LogP contribution in [0.15, 0.2) is 47.8 Å². The van der Waals surface area contributed by atoms with Gasteiger partial charge in [0, 0.05) is 32.2 Å². The van der Waals surface area contributed by atoms with Gasteiger partial charge in [0.2, 0.25) is 0 Å². The van der Waals surface area contributed by atoms with Crippen LogP contribution < -0.4 is 4.74 Å². The van der Waals surface area contributed by atoms with Crippen LogP contribution in [0.5, 0.6) is 11.5 Å². The van der Waals surface area contributed by atoms with Gasteiger partial charge in [-0.25, -0.2) is 0 Å². The van der Waals surface area contributed by atoms with Crippen molar-refractivity contribution in [2.45, 2.75) is 6.61 Å². The van der Waals surface area contributed by atoms with Crippen LogP contribution in [0.25, 0.3) is 22.3 Å². The smallest absolute Gasteiger partial charge is 0.135 e. The van der Waals surface area contributed by atoms with Crippen LogP contribution in [0.2, 0.25) is 5.02 Å². The summed E-state index contributed by atoms with van der Waals surface area (Å²) in [4.78, 5) is 0.925. The third-order valence-corrected chi connectivity index (χ3v) is 4.83. The van der Waals surface area contributed by atoms with Crippen molar-refractivity contribution in [1.29, 1.82) is 0 Å². The second kappa shape index (κ2) is 4.88. The molecule has 1 aromatic heterocycles. The van der Waals surface area contributed by atoms with Gasteiger partial charge >= 0.3 is 0 Å². The summed E-state index contributed by atoms with van der Waals surface area (Å²) in [7, 11) is 0. The highest BCUT2D eigenvalue weighted by Crippen LogP contribution is 2.50. The maximum absolute atomic E-state index is 9.65. The number of aliphatic hydroxyl groups excluding tert-OH is 1. The lowest BCUT2D eigenvalue weighted by atomic mass is 9.97. The summed E-state index contributed by atoms with van der Waals surface area (Å²) in [6, 6.07) is 13.5. The van der Waals surface area contributed by atoms with Gasteiger partial charge in [0.05, 0.1) is 6.61 Å². The van der Waals surface area contributed by atoms with Crippen LogP contribution in [-0.2, 0) is 6.61 Å². The molecule has 1 aliphatic heterocycles. The molecule has 104 valence electrons. The minimum atomic E-state index is 0.00806. The Kier molecular flexibility index (Phi) is 3.00. The molecule has 21 heavy (non-hydrogen) atoms. The summed E-state index contributed by atoms with van der Waals surface area (Å²) in [6.07, 6.45) is 0. The monoisotopic (exact) mass is 314 g/mol. The van der Waals surface area contributed by atoms with Crippen molar-refractivity contribution in [2.75, 3.05) is 0 Å². The lowest BCUT2D eigenvalue weighted by molar-refractivity contribution is 0.286. The molecule has 3 aromatic rings. The molecule has 2 nitrogen and oxygen atoms in total. The molecular formula is C17H11ClO2S. The first-order valence-corrected chi connectivity index (χ1v) is 7.82. The van der Waals surface area contributed by atoms with Crippen molar-refractivity contribution in [1.82, 2.24) is 0 Å². The average Bonchev–Trinajstić information content (AvgIpc) is 2.87. The SMILES string of the molecule is OCc1scc2c1-c1cc(Cl)ccc1Oc1ccccc1-2. The van der Waals surface area contributed by atoms with E-state index in [4.69, 9.17) is 16.3 Å². The highest BCUT2D eigenvalue weighted by Gasteiger charge is 2.24. The fourth-order valence-corrected chi connectivity index (χ4v) is 3.78. The molecule has 2 heterocycles. The number of aliphatic hydroxyl groups is 1. The Morgan fingerprint density at radius 2 is 1.81 bits per heavy atom. The molecule has 0 bridgehead atoms. The number of rotatable bonds is 1. The number of hydrogen-bond acceptors (Lipinski definition) is 3. The highest BCUT2D eigenvalue weighted by atomic mass is 35.5. The number of para-hydroxylation sites is 1. The topological polar surface area (TPSA) is 29.5 Å². The summed E-state index contributed by atoms with van der Waals surface area (Å²) >= 11 is 7.71. The predicted molar refractivity (Wildman–Crippen MR) is 86.2 cm³/mol. The van der Waals surface area contributed by atoms with Gasteiger partial charge in [0.1, 0.15) is 11.5 Å². The summed E-state index contributed by atoms with van der Waals surface area (Å²) < 4.78 is 6.06. The quantitative estimate of drug-likeness (QED) is 0.514. The molecule has 0 atom stereocenters. The van der Waals surface area contributed by atoms with Gasteiger partial charge in [-0.15, -0.1) is 11.3 Å². The summed E-state index contributed by atoms with van der Waals surface area (Å²) in [5.41, 5.74) is 4.07. The number of hydrogen-bond donors (Lipinski definition) is 1. The molecule has 0 saturated heterocycles. The first-order chi connectivity index (χ1) is 10.3. The van der Waals surface area contributed by atoms with E-state index in [1.807, 2.05) is 42.5 Å². The number of thiophene rings is 1. The Labute approximate surface area is 131 Å². The standard InChI is InChI=1S/C17H11ClO2S/c18-10-5-6-15-12(7-10)17-13(9-21-16(17)8-19)11-3-1-2-4-14(11)20-15/h1-7,9,19H,8H2. The molecule has 0 radical (unpaired) electrons. The lowest BCUT2D eigenvalue weighted by Gasteiger charge is -2.09. The van der Waals surface area contributed by atoms with Gasteiger partial charge in [-0.1, -0.05) is 29.8 Å². The molecule has 0 fully saturated rings. The number of fused-ring (bicyclic) bond motifs is 5. The minimum Gasteiger partial charge on any atom is -0.456 e. The molecule has 2 aromatic carbocycles. The van der Waals surface area contributed by atoms with Crippen LogP contribution in [0, 0.1) is 0 Å². The highest BCUT2D eigenvalue weighted by molar-refractivity contribution is 7.11. The zero-order valence-electron chi connectivity index (χ0n) is 11.0. The summed E-state index contributed by atoms with van der Waals surface area (Å²) in [6.45, 7) is 0.00806. The third kappa shape index (κ3) is 1.97. The van der Waals surface area contributed by atoms with Crippen LogP contribution >= 0.6 is 22.9 Å². The van der Waals surface area contributed by atoms with Crippen LogP contribution in [0.3, 0.4) is 0 Å². The van der Waals surface area contributed by atoms with E-state index in [0.717, 1.165) is 38.6 Å². The van der Waals surface area contributed by atoms with E-state index in [2.05, 4.69) is 5.38 Å². The average molecular weight is 315 g/mol. The summed E-state index contributed by atoms with van der Waals surface area (Å²) in [5, 5.41) is 12.4. The first-order valence-electron chi connectivity index (χ1n) is 6.56. The molecule has 1 N–H and O–H groups in total. The van der Waals surface area contributed by atoms with E-state index >= 15 is 0 Å². The van der Waals surface area contributed by atoms with Crippen molar-refractivity contribution in [3.05, 3.63) is 57.7 Å². The fourth-order valence-electron chi connectivity index (χ4n) is 2.69. The van der Waals surface area contributed by atoms with Gasteiger partial charge in [-0.05, 0) is 29.6 Å². The van der Waals surface area contributed by atoms with Gasteiger partial charge < -0.3 is 9.84 Å². The predicted octanol–water partition coefficient (Wildman–Crippen LogP) is 5.33. The zero-order valence-corrected chi connectivity index (χ0v) is 12.5. The van der Waals surface area contributed by atoms with E-state index in [1.54, 1.807) is 11.3 Å². The van der Waals surface area contributed by atoms with E-state index in [0.29, 0.717) is 5.02 Å². The Bertz CT molecular complexity index is 839. The molecule has 0 aliphatic carbocycles. The van der Waals surface area contributed by atoms with E-state index in [1.165, 1.54) is 0 Å². The van der Waals surface area contributed by atoms with Crippen LogP contribution in [-0.4, -0.2) is 5.11 Å². The van der Waals surface area contributed by atoms with Gasteiger partial charge in [0.15, 0.2) is 0 Å². The van der Waals surface area contributed by atoms with Gasteiger partial charge in [-0.2, -0.15) is 0 Å². The van der Waals surface area contributed by atoms with Crippen LogP contribution in [0.4, 0.5) is 0 Å². The molecule has 4 rings (SSSR count). The summed E-state index contributed by atoms with van der Waals surface area (Å²) in [5.74, 6) is 1.58. The van der Waals surface area contributed by atoms with E-state index < -0.39 is 0 Å². The molecular weight excluding hydrogens is 304 g/mol. The van der Waals surface area contributed by atoms with E-state index in [-0.39, 0.29) is 6.61 Å². The lowest BCUT2D eigenvalue weighted by Crippen LogP contribution is -1.87. The molecule has 0 saturated carbocycles. The number of halogens is 1. The fraction of sp³-hybridized carbons (Fsp3) is 0.0588. The Morgan fingerprint density at radius 3 is 2.67 bits per heavy atom. The Morgan fingerprint density at radius 1 is 1.00 bits per heavy atom. The second-order valence-corrected chi connectivity index (χ2v) is 6.25. The number of ether oxygens (including phenoxy) is 1. The maximum atomic E-state index is 9.65. The Balaban J connectivity index is 2.11. The minimum absolute atomic E-state index is 0.00806. The van der Waals surface area contributed by atoms with Crippen molar-refractivity contribution >= 4 is 22.9 Å². The van der Waals surface area contributed by atoms with Crippen molar-refractivity contribution in [3.63, 3.8) is 0 Å². The molecule has 4 heteroatoms. The van der Waals surface area contributed by atoms with Gasteiger partial charge in [-0.3, -0.25) is 0 Å². The maximum Gasteiger partial charge on any atom is 0.135 e. The number of benzene rings is 2. The van der Waals surface area contributed by atoms with Gasteiger partial charge in [0.25, 0.3) is 0 Å². The van der Waals surface area contributed by atoms with Crippen LogP contribution in [0.1, 0.15) is 4.88 Å². The zero-order chi connectivity index (χ0) is 14.4. The molecule has 0 unspecified atom stereocenters. The molecule has 0 amide bonds. The normalized spacial score (nSPS) is 11.9. The van der Waals surface area contributed by atoms with Crippen molar-refractivity contribution in [3.8, 4) is 33.8 Å². The van der Waals surface area contributed by atoms with Crippen molar-refractivity contribution < 1.29 is 9.84 Å².